The molecule has 1 aliphatic rings. The van der Waals surface area contributed by atoms with Crippen LogP contribution in [0.25, 0.3) is 0 Å². The summed E-state index contributed by atoms with van der Waals surface area (Å²) in [5, 5.41) is 2.65. The van der Waals surface area contributed by atoms with Gasteiger partial charge >= 0.3 is 6.09 Å². The number of carbonyl (C=O) groups is 2. The summed E-state index contributed by atoms with van der Waals surface area (Å²) >= 11 is 0. The molecule has 0 spiro atoms. The summed E-state index contributed by atoms with van der Waals surface area (Å²) in [6.07, 6.45) is -0.601. The van der Waals surface area contributed by atoms with Gasteiger partial charge in [0.15, 0.2) is 0 Å². The minimum absolute atomic E-state index is 0.149. The van der Waals surface area contributed by atoms with Gasteiger partial charge < -0.3 is 24.4 Å². The molecule has 0 aromatic heterocycles. The molecule has 0 saturated carbocycles. The smallest absolute Gasteiger partial charge is 0.408 e. The number of ether oxygens (including phenoxy) is 3. The lowest BCUT2D eigenvalue weighted by Gasteiger charge is -2.45. The zero-order chi connectivity index (χ0) is 20.1. The molecule has 1 fully saturated rings. The Morgan fingerprint density at radius 2 is 1.86 bits per heavy atom. The number of likely N-dealkylation sites (tertiary alicyclic amines) is 1. The molecule has 148 valence electrons. The maximum atomic E-state index is 12.5. The van der Waals surface area contributed by atoms with Crippen molar-refractivity contribution in [1.29, 1.82) is 0 Å². The molecular formula is C21H24N2O5. The van der Waals surface area contributed by atoms with Gasteiger partial charge in [0.05, 0.1) is 20.3 Å². The molecule has 7 nitrogen and oxygen atoms in total. The van der Waals surface area contributed by atoms with E-state index in [2.05, 4.69) is 5.32 Å². The molecule has 7 heteroatoms. The average molecular weight is 384 g/mol. The largest absolute Gasteiger partial charge is 0.497 e. The van der Waals surface area contributed by atoms with Gasteiger partial charge in [0, 0.05) is 18.2 Å². The van der Waals surface area contributed by atoms with Crippen molar-refractivity contribution in [2.24, 2.45) is 0 Å². The van der Waals surface area contributed by atoms with Crippen LogP contribution in [0.3, 0.4) is 0 Å². The number of rotatable bonds is 7. The first-order chi connectivity index (χ1) is 13.5. The van der Waals surface area contributed by atoms with E-state index < -0.39 is 12.1 Å². The Hall–Kier alpha value is -3.22. The van der Waals surface area contributed by atoms with Gasteiger partial charge in [0.1, 0.15) is 24.1 Å². The third kappa shape index (κ3) is 4.19. The lowest BCUT2D eigenvalue weighted by atomic mass is 9.95. The SMILES string of the molecule is COc1ccc(CN2C(=O)C(NC(=O)OCc3ccccc3)C2C)c(OC)c1. The van der Waals surface area contributed by atoms with E-state index in [4.69, 9.17) is 14.2 Å². The Kier molecular flexibility index (Phi) is 6.03. The number of amides is 2. The van der Waals surface area contributed by atoms with Crippen molar-refractivity contribution in [1.82, 2.24) is 10.2 Å². The summed E-state index contributed by atoms with van der Waals surface area (Å²) in [5.74, 6) is 1.18. The highest BCUT2D eigenvalue weighted by Gasteiger charge is 2.45. The minimum atomic E-state index is -0.601. The number of methoxy groups -OCH3 is 2. The van der Waals surface area contributed by atoms with Crippen LogP contribution < -0.4 is 14.8 Å². The van der Waals surface area contributed by atoms with Crippen molar-refractivity contribution in [3.05, 3.63) is 59.7 Å². The number of β-lactam (4-membered cyclic amide) rings is 1. The number of nitrogens with one attached hydrogen (secondary N) is 1. The van der Waals surface area contributed by atoms with Gasteiger partial charge in [-0.2, -0.15) is 0 Å². The molecule has 1 N–H and O–H groups in total. The lowest BCUT2D eigenvalue weighted by Crippen LogP contribution is -2.69. The van der Waals surface area contributed by atoms with Crippen LogP contribution in [0.1, 0.15) is 18.1 Å². The molecule has 2 amide bonds. The molecule has 28 heavy (non-hydrogen) atoms. The summed E-state index contributed by atoms with van der Waals surface area (Å²) in [7, 11) is 3.16. The van der Waals surface area contributed by atoms with Crippen LogP contribution >= 0.6 is 0 Å². The van der Waals surface area contributed by atoms with Crippen LogP contribution in [-0.2, 0) is 22.7 Å². The second-order valence-corrected chi connectivity index (χ2v) is 6.57. The minimum Gasteiger partial charge on any atom is -0.497 e. The van der Waals surface area contributed by atoms with Gasteiger partial charge in [-0.1, -0.05) is 30.3 Å². The van der Waals surface area contributed by atoms with Crippen LogP contribution in [0.2, 0.25) is 0 Å². The standard InChI is InChI=1S/C21H24N2O5/c1-14-19(22-21(25)28-13-15-7-5-4-6-8-15)20(24)23(14)12-16-9-10-17(26-2)11-18(16)27-3/h4-11,14,19H,12-13H2,1-3H3,(H,22,25). The van der Waals surface area contributed by atoms with Gasteiger partial charge in [-0.15, -0.1) is 0 Å². The van der Waals surface area contributed by atoms with E-state index in [1.54, 1.807) is 25.2 Å². The second-order valence-electron chi connectivity index (χ2n) is 6.57. The summed E-state index contributed by atoms with van der Waals surface area (Å²) in [5.41, 5.74) is 1.76. The molecule has 1 saturated heterocycles. The van der Waals surface area contributed by atoms with E-state index in [0.717, 1.165) is 11.1 Å². The predicted molar refractivity (Wildman–Crippen MR) is 103 cm³/mol. The van der Waals surface area contributed by atoms with Crippen LogP contribution in [-0.4, -0.2) is 43.2 Å². The summed E-state index contributed by atoms with van der Waals surface area (Å²) in [4.78, 5) is 26.2. The Labute approximate surface area is 164 Å². The molecule has 1 aliphatic heterocycles. The van der Waals surface area contributed by atoms with Gasteiger partial charge in [0.2, 0.25) is 5.91 Å². The molecule has 2 unspecified atom stereocenters. The van der Waals surface area contributed by atoms with Crippen molar-refractivity contribution in [2.45, 2.75) is 32.2 Å². The second kappa shape index (κ2) is 8.65. The number of nitrogens with zero attached hydrogens (tertiary/aromatic N) is 1. The normalized spacial score (nSPS) is 18.2. The Balaban J connectivity index is 1.54. The zero-order valence-electron chi connectivity index (χ0n) is 16.2. The monoisotopic (exact) mass is 384 g/mol. The molecule has 3 rings (SSSR count). The highest BCUT2D eigenvalue weighted by atomic mass is 16.5. The maximum absolute atomic E-state index is 12.5. The first-order valence-corrected chi connectivity index (χ1v) is 9.02. The fourth-order valence-corrected chi connectivity index (χ4v) is 3.15. The van der Waals surface area contributed by atoms with Crippen molar-refractivity contribution >= 4 is 12.0 Å². The summed E-state index contributed by atoms with van der Waals surface area (Å²) in [6, 6.07) is 14.1. The molecular weight excluding hydrogens is 360 g/mol. The first kappa shape index (κ1) is 19.5. The molecule has 2 aromatic carbocycles. The van der Waals surface area contributed by atoms with Crippen molar-refractivity contribution in [3.63, 3.8) is 0 Å². The van der Waals surface area contributed by atoms with Crippen LogP contribution in [0.5, 0.6) is 11.5 Å². The molecule has 0 aliphatic carbocycles. The van der Waals surface area contributed by atoms with E-state index in [9.17, 15) is 9.59 Å². The van der Waals surface area contributed by atoms with Crippen molar-refractivity contribution in [2.75, 3.05) is 14.2 Å². The zero-order valence-corrected chi connectivity index (χ0v) is 16.2. The fraction of sp³-hybridized carbons (Fsp3) is 0.333. The fourth-order valence-electron chi connectivity index (χ4n) is 3.15. The van der Waals surface area contributed by atoms with E-state index in [1.807, 2.05) is 49.4 Å². The maximum Gasteiger partial charge on any atom is 0.408 e. The van der Waals surface area contributed by atoms with Crippen molar-refractivity contribution < 1.29 is 23.8 Å². The van der Waals surface area contributed by atoms with E-state index in [1.165, 1.54) is 0 Å². The molecule has 1 heterocycles. The van der Waals surface area contributed by atoms with E-state index in [0.29, 0.717) is 18.0 Å². The van der Waals surface area contributed by atoms with Crippen molar-refractivity contribution in [3.8, 4) is 11.5 Å². The summed E-state index contributed by atoms with van der Waals surface area (Å²) < 4.78 is 15.8. The highest BCUT2D eigenvalue weighted by Crippen LogP contribution is 2.29. The predicted octanol–water partition coefficient (Wildman–Crippen LogP) is 2.73. The number of carbonyl (C=O) groups excluding carboxylic acids is 2. The van der Waals surface area contributed by atoms with Crippen LogP contribution in [0.4, 0.5) is 4.79 Å². The number of alkyl carbamates (subject to hydrolysis) is 1. The van der Waals surface area contributed by atoms with E-state index >= 15 is 0 Å². The third-order valence-corrected chi connectivity index (χ3v) is 4.84. The number of hydrogen-bond donors (Lipinski definition) is 1. The van der Waals surface area contributed by atoms with E-state index in [-0.39, 0.29) is 18.6 Å². The van der Waals surface area contributed by atoms with Crippen LogP contribution in [0.15, 0.2) is 48.5 Å². The Morgan fingerprint density at radius 3 is 2.50 bits per heavy atom. The van der Waals surface area contributed by atoms with Gasteiger partial charge in [-0.25, -0.2) is 4.79 Å². The highest BCUT2D eigenvalue weighted by molar-refractivity contribution is 5.92. The Bertz CT molecular complexity index is 840. The van der Waals surface area contributed by atoms with Gasteiger partial charge in [-0.3, -0.25) is 4.79 Å². The quantitative estimate of drug-likeness (QED) is 0.743. The third-order valence-electron chi connectivity index (χ3n) is 4.84. The number of hydrogen-bond acceptors (Lipinski definition) is 5. The molecule has 2 atom stereocenters. The van der Waals surface area contributed by atoms with Crippen LogP contribution in [0, 0.1) is 0 Å². The van der Waals surface area contributed by atoms with Gasteiger partial charge in [-0.05, 0) is 24.6 Å². The molecule has 0 radical (unpaired) electrons. The van der Waals surface area contributed by atoms with Gasteiger partial charge in [0.25, 0.3) is 0 Å². The first-order valence-electron chi connectivity index (χ1n) is 9.02. The Morgan fingerprint density at radius 1 is 1.11 bits per heavy atom. The number of benzene rings is 2. The summed E-state index contributed by atoms with van der Waals surface area (Å²) in [6.45, 7) is 2.44. The lowest BCUT2D eigenvalue weighted by molar-refractivity contribution is -0.150. The molecule has 0 bridgehead atoms. The molecule has 2 aromatic rings. The topological polar surface area (TPSA) is 77.1 Å². The average Bonchev–Trinajstić information content (AvgIpc) is 2.74.